The Morgan fingerprint density at radius 1 is 0.673 bits per heavy atom. The summed E-state index contributed by atoms with van der Waals surface area (Å²) >= 11 is 0. The van der Waals surface area contributed by atoms with Gasteiger partial charge in [-0.25, -0.2) is 19.9 Å². The summed E-state index contributed by atoms with van der Waals surface area (Å²) in [6.07, 6.45) is 24.6. The summed E-state index contributed by atoms with van der Waals surface area (Å²) in [4.78, 5) is 28.7. The summed E-state index contributed by atoms with van der Waals surface area (Å²) in [5.41, 5.74) is 11.2. The van der Waals surface area contributed by atoms with Crippen molar-refractivity contribution >= 4 is 44.3 Å². The Balaban J connectivity index is 0.953. The van der Waals surface area contributed by atoms with E-state index in [0.29, 0.717) is 17.9 Å². The number of nitrogens with zero attached hydrogens (tertiary/aromatic N) is 10. The molecule has 0 unspecified atom stereocenters. The second-order valence-electron chi connectivity index (χ2n) is 14.9. The lowest BCUT2D eigenvalue weighted by atomic mass is 9.85. The van der Waals surface area contributed by atoms with Crippen LogP contribution in [0.5, 0.6) is 0 Å². The lowest BCUT2D eigenvalue weighted by Crippen LogP contribution is -2.18. The molecule has 2 aliphatic carbocycles. The smallest absolute Gasteiger partial charge is 0.157 e. The van der Waals surface area contributed by atoms with Crippen LogP contribution in [0.25, 0.3) is 66.8 Å². The van der Waals surface area contributed by atoms with Gasteiger partial charge in [0.25, 0.3) is 0 Å². The molecule has 1 aromatic carbocycles. The summed E-state index contributed by atoms with van der Waals surface area (Å²) in [7, 11) is 1.96. The number of imidazole rings is 2. The number of rotatable bonds is 5. The minimum absolute atomic E-state index is 0.321. The third kappa shape index (κ3) is 4.57. The maximum Gasteiger partial charge on any atom is 0.157 e. The fourth-order valence-electron chi connectivity index (χ4n) is 9.25. The first-order valence-electron chi connectivity index (χ1n) is 18.7. The van der Waals surface area contributed by atoms with E-state index >= 15 is 0 Å². The molecule has 11 rings (SSSR count). The molecule has 9 aromatic rings. The van der Waals surface area contributed by atoms with Gasteiger partial charge >= 0.3 is 0 Å². The zero-order chi connectivity index (χ0) is 34.3. The quantitative estimate of drug-likeness (QED) is 0.194. The van der Waals surface area contributed by atoms with Crippen LogP contribution in [0.1, 0.15) is 87.3 Å². The second kappa shape index (κ2) is 11.6. The first-order valence-corrected chi connectivity index (χ1v) is 18.7. The normalized spacial score (nSPS) is 18.9. The molecule has 0 radical (unpaired) electrons. The van der Waals surface area contributed by atoms with Crippen molar-refractivity contribution in [2.45, 2.75) is 75.7 Å². The highest BCUT2D eigenvalue weighted by atomic mass is 15.2. The number of H-pyrrole nitrogens is 1. The summed E-state index contributed by atoms with van der Waals surface area (Å²) in [5.74, 6) is 3.06. The lowest BCUT2D eigenvalue weighted by molar-refractivity contribution is 0.322. The van der Waals surface area contributed by atoms with E-state index < -0.39 is 0 Å². The maximum atomic E-state index is 5.41. The predicted octanol–water partition coefficient (Wildman–Crippen LogP) is 8.77. The molecule has 11 nitrogen and oxygen atoms in total. The van der Waals surface area contributed by atoms with Crippen LogP contribution in [0.2, 0.25) is 0 Å². The Bertz CT molecular complexity index is 2780. The SMILES string of the molecule is Cn1cc(-c2nc(C3CCCCC3)n3c2cnc2c3ccn2C2CCC(c3nc(-c4cnc5ccccc5c4)c4cnc5[nH]ccc5n34)CC2)cn1. The predicted molar refractivity (Wildman–Crippen MR) is 202 cm³/mol. The number of hydrogen-bond donors (Lipinski definition) is 1. The molecule has 0 amide bonds. The van der Waals surface area contributed by atoms with E-state index in [1.54, 1.807) is 0 Å². The zero-order valence-corrected chi connectivity index (χ0v) is 29.2. The van der Waals surface area contributed by atoms with Crippen LogP contribution < -0.4 is 0 Å². The van der Waals surface area contributed by atoms with Crippen molar-refractivity contribution in [2.24, 2.45) is 7.05 Å². The number of hydrogen-bond acceptors (Lipinski definition) is 6. The molecule has 258 valence electrons. The fourth-order valence-corrected chi connectivity index (χ4v) is 9.25. The van der Waals surface area contributed by atoms with Crippen LogP contribution in [0, 0.1) is 0 Å². The molecular formula is C41H39N11. The molecule has 0 atom stereocenters. The van der Waals surface area contributed by atoms with E-state index in [4.69, 9.17) is 24.9 Å². The number of aromatic nitrogens is 11. The van der Waals surface area contributed by atoms with Gasteiger partial charge in [-0.15, -0.1) is 0 Å². The standard InChI is InChI=1S/C41H39N11/c1-49-24-29(21-46-49)37-35-23-45-41-33(52(35)39(48-37)25-7-3-2-4-8-25)16-18-50(41)30-13-11-26(12-14-30)40-47-36(28-19-27-9-5-6-10-31(27)43-20-28)34-22-44-38-32(51(34)40)15-17-42-38/h5-6,9-10,15-26,30,42H,2-4,7-8,11-14H2,1H3. The molecule has 1 N–H and O–H groups in total. The Morgan fingerprint density at radius 2 is 1.42 bits per heavy atom. The highest BCUT2D eigenvalue weighted by molar-refractivity contribution is 5.89. The van der Waals surface area contributed by atoms with Crippen LogP contribution >= 0.6 is 0 Å². The van der Waals surface area contributed by atoms with Crippen molar-refractivity contribution in [1.29, 1.82) is 0 Å². The molecule has 0 saturated heterocycles. The average Bonchev–Trinajstić information content (AvgIpc) is 4.03. The van der Waals surface area contributed by atoms with Crippen molar-refractivity contribution in [3.63, 3.8) is 0 Å². The molecule has 8 aromatic heterocycles. The van der Waals surface area contributed by atoms with Crippen molar-refractivity contribution < 1.29 is 0 Å². The van der Waals surface area contributed by atoms with Gasteiger partial charge in [-0.1, -0.05) is 37.5 Å². The van der Waals surface area contributed by atoms with Gasteiger partial charge in [0.05, 0.1) is 51.9 Å². The van der Waals surface area contributed by atoms with Crippen molar-refractivity contribution in [1.82, 2.24) is 53.1 Å². The molecule has 2 fully saturated rings. The number of benzene rings is 1. The summed E-state index contributed by atoms with van der Waals surface area (Å²) < 4.78 is 9.04. The van der Waals surface area contributed by atoms with Gasteiger partial charge < -0.3 is 9.55 Å². The van der Waals surface area contributed by atoms with Crippen LogP contribution in [-0.2, 0) is 7.05 Å². The Kier molecular flexibility index (Phi) is 6.65. The van der Waals surface area contributed by atoms with Crippen LogP contribution in [0.15, 0.2) is 85.8 Å². The van der Waals surface area contributed by atoms with E-state index in [1.807, 2.05) is 48.8 Å². The maximum absolute atomic E-state index is 5.41. The first kappa shape index (κ1) is 29.8. The molecule has 52 heavy (non-hydrogen) atoms. The highest BCUT2D eigenvalue weighted by Gasteiger charge is 2.31. The van der Waals surface area contributed by atoms with Gasteiger partial charge in [0, 0.05) is 66.2 Å². The van der Waals surface area contributed by atoms with Crippen LogP contribution in [0.4, 0.5) is 0 Å². The van der Waals surface area contributed by atoms with E-state index in [9.17, 15) is 0 Å². The summed E-state index contributed by atoms with van der Waals surface area (Å²) in [6, 6.07) is 15.2. The molecule has 2 saturated carbocycles. The minimum atomic E-state index is 0.321. The number of aryl methyl sites for hydroxylation is 1. The number of nitrogens with one attached hydrogen (secondary N) is 1. The van der Waals surface area contributed by atoms with E-state index in [2.05, 4.69) is 72.2 Å². The number of aromatic amines is 1. The van der Waals surface area contributed by atoms with Gasteiger partial charge in [0.15, 0.2) is 11.3 Å². The third-order valence-corrected chi connectivity index (χ3v) is 11.8. The molecule has 8 heterocycles. The van der Waals surface area contributed by atoms with Gasteiger partial charge in [0.2, 0.25) is 0 Å². The number of fused-ring (bicyclic) bond motifs is 7. The molecule has 0 bridgehead atoms. The summed E-state index contributed by atoms with van der Waals surface area (Å²) in [5, 5.41) is 5.57. The van der Waals surface area contributed by atoms with Crippen molar-refractivity contribution in [2.75, 3.05) is 0 Å². The fraction of sp³-hybridized carbons (Fsp3) is 0.317. The van der Waals surface area contributed by atoms with Gasteiger partial charge in [-0.2, -0.15) is 5.10 Å². The number of pyridine rings is 1. The summed E-state index contributed by atoms with van der Waals surface area (Å²) in [6.45, 7) is 0. The van der Waals surface area contributed by atoms with Gasteiger partial charge in [-0.3, -0.25) is 18.5 Å². The number of para-hydroxylation sites is 1. The average molecular weight is 686 g/mol. The van der Waals surface area contributed by atoms with Gasteiger partial charge in [0.1, 0.15) is 17.3 Å². The molecular weight excluding hydrogens is 647 g/mol. The van der Waals surface area contributed by atoms with Crippen LogP contribution in [0.3, 0.4) is 0 Å². The minimum Gasteiger partial charge on any atom is -0.345 e. The lowest BCUT2D eigenvalue weighted by Gasteiger charge is -2.29. The van der Waals surface area contributed by atoms with Crippen molar-refractivity contribution in [3.05, 3.63) is 97.5 Å². The second-order valence-corrected chi connectivity index (χ2v) is 14.9. The third-order valence-electron chi connectivity index (χ3n) is 11.8. The Labute approximate surface area is 299 Å². The Morgan fingerprint density at radius 3 is 2.23 bits per heavy atom. The molecule has 2 aliphatic rings. The van der Waals surface area contributed by atoms with Crippen LogP contribution in [-0.4, -0.2) is 53.1 Å². The van der Waals surface area contributed by atoms with Gasteiger partial charge in [-0.05, 0) is 62.8 Å². The first-order chi connectivity index (χ1) is 25.7. The van der Waals surface area contributed by atoms with E-state index in [0.717, 1.165) is 98.3 Å². The van der Waals surface area contributed by atoms with Crippen molar-refractivity contribution in [3.8, 4) is 22.5 Å². The van der Waals surface area contributed by atoms with E-state index in [-0.39, 0.29) is 0 Å². The monoisotopic (exact) mass is 685 g/mol. The Hall–Kier alpha value is -5.84. The molecule has 0 aliphatic heterocycles. The molecule has 11 heteroatoms. The molecule has 0 spiro atoms. The zero-order valence-electron chi connectivity index (χ0n) is 29.2. The highest BCUT2D eigenvalue weighted by Crippen LogP contribution is 2.42. The topological polar surface area (TPSA) is 112 Å². The van der Waals surface area contributed by atoms with E-state index in [1.165, 1.54) is 37.9 Å². The largest absolute Gasteiger partial charge is 0.345 e.